The van der Waals surface area contributed by atoms with E-state index < -0.39 is 19.4 Å². The molecule has 1 aromatic rings. The summed E-state index contributed by atoms with van der Waals surface area (Å²) >= 11 is -3.98. The number of nitrogens with one attached hydrogen (secondary N) is 1. The zero-order chi connectivity index (χ0) is 16.8. The van der Waals surface area contributed by atoms with Crippen LogP contribution in [0.2, 0.25) is 13.1 Å². The molecule has 0 aliphatic heterocycles. The van der Waals surface area contributed by atoms with Crippen LogP contribution in [-0.4, -0.2) is 19.3 Å². The Balaban J connectivity index is 2.63. The monoisotopic (exact) mass is 394 g/mol. The quantitative estimate of drug-likeness (QED) is 0.724. The summed E-state index contributed by atoms with van der Waals surface area (Å²) in [5.74, 6) is 0.891. The summed E-state index contributed by atoms with van der Waals surface area (Å²) in [5, 5.41) is 0. The maximum absolute atomic E-state index is 7.38. The Kier molecular flexibility index (Phi) is 5.02. The molecule has 1 aliphatic carbocycles. The predicted molar refractivity (Wildman–Crippen MR) is 97.6 cm³/mol. The Morgan fingerprint density at radius 1 is 1.18 bits per heavy atom. The van der Waals surface area contributed by atoms with E-state index in [1.807, 2.05) is 6.07 Å². The van der Waals surface area contributed by atoms with Crippen molar-refractivity contribution in [2.75, 3.05) is 7.11 Å². The average molecular weight is 395 g/mol. The summed E-state index contributed by atoms with van der Waals surface area (Å²) in [5.41, 5.74) is 2.22. The van der Waals surface area contributed by atoms with E-state index in [0.717, 1.165) is 11.3 Å². The second kappa shape index (κ2) is 5.95. The van der Waals surface area contributed by atoms with Crippen LogP contribution in [0.3, 0.4) is 0 Å². The van der Waals surface area contributed by atoms with Crippen LogP contribution in [0, 0.1) is 0 Å². The average Bonchev–Trinajstić information content (AvgIpc) is 2.76. The molecule has 0 radical (unpaired) electrons. The van der Waals surface area contributed by atoms with E-state index >= 15 is 0 Å². The van der Waals surface area contributed by atoms with E-state index in [9.17, 15) is 0 Å². The predicted octanol–water partition coefficient (Wildman–Crippen LogP) is 5.01. The van der Waals surface area contributed by atoms with Crippen LogP contribution >= 0.6 is 18.6 Å². The van der Waals surface area contributed by atoms with Crippen molar-refractivity contribution in [1.82, 2.24) is 3.80 Å². The molecule has 123 valence electrons. The summed E-state index contributed by atoms with van der Waals surface area (Å²) in [7, 11) is 16.5. The first-order valence-electron chi connectivity index (χ1n) is 7.71. The van der Waals surface area contributed by atoms with Crippen molar-refractivity contribution in [3.63, 3.8) is 0 Å². The topological polar surface area (TPSA) is 21.3 Å². The van der Waals surface area contributed by atoms with Crippen LogP contribution in [0.25, 0.3) is 5.76 Å². The van der Waals surface area contributed by atoms with Crippen molar-refractivity contribution in [3.8, 4) is 0 Å². The first kappa shape index (κ1) is 18.6. The van der Waals surface area contributed by atoms with E-state index in [2.05, 4.69) is 61.9 Å². The Morgan fingerprint density at radius 2 is 1.77 bits per heavy atom. The number of halogens is 2. The fourth-order valence-electron chi connectivity index (χ4n) is 3.24. The van der Waals surface area contributed by atoms with Crippen LogP contribution < -0.4 is 3.80 Å². The van der Waals surface area contributed by atoms with Gasteiger partial charge in [0.05, 0.1) is 0 Å². The van der Waals surface area contributed by atoms with Gasteiger partial charge in [0, 0.05) is 0 Å². The van der Waals surface area contributed by atoms with Crippen LogP contribution in [0.1, 0.15) is 36.1 Å². The van der Waals surface area contributed by atoms with Gasteiger partial charge >= 0.3 is 144 Å². The van der Waals surface area contributed by atoms with Gasteiger partial charge in [-0.25, -0.2) is 0 Å². The van der Waals surface area contributed by atoms with Crippen molar-refractivity contribution in [2.45, 2.75) is 43.6 Å². The number of benzene rings is 1. The van der Waals surface area contributed by atoms with Crippen LogP contribution in [0.4, 0.5) is 0 Å². The van der Waals surface area contributed by atoms with Gasteiger partial charge in [-0.1, -0.05) is 0 Å². The third-order valence-electron chi connectivity index (χ3n) is 4.34. The molecule has 0 fully saturated rings. The molecule has 0 saturated carbocycles. The first-order chi connectivity index (χ1) is 9.98. The van der Waals surface area contributed by atoms with Gasteiger partial charge in [0.25, 0.3) is 0 Å². The van der Waals surface area contributed by atoms with Crippen molar-refractivity contribution < 1.29 is 17.4 Å². The zero-order valence-electron chi connectivity index (χ0n) is 14.2. The standard InChI is InChI=1S/C10H9O.C4H10N.C2H7Si.2ClH.Ti/c1-11-10-7-6-8-4-2-3-5-9(8)10;1-4(2,3)5;1-3-2;;;/h2-7H,1H3;5H,1-3H3;3H,1-2H3;2*1H;/q;-1;;;;+3/p-2. The van der Waals surface area contributed by atoms with Gasteiger partial charge in [-0.3, -0.25) is 0 Å². The molecule has 0 saturated heterocycles. The van der Waals surface area contributed by atoms with Gasteiger partial charge in [0.15, 0.2) is 0 Å². The number of hydrogen-bond donors (Lipinski definition) is 1. The maximum atomic E-state index is 7.38. The van der Waals surface area contributed by atoms with Crippen molar-refractivity contribution in [2.24, 2.45) is 0 Å². The zero-order valence-corrected chi connectivity index (χ0v) is 18.4. The van der Waals surface area contributed by atoms with Crippen molar-refractivity contribution in [1.29, 1.82) is 0 Å². The molecule has 0 aromatic heterocycles. The molecule has 1 unspecified atom stereocenters. The van der Waals surface area contributed by atoms with E-state index in [0.29, 0.717) is 0 Å². The SMILES string of the molecule is COC1=C[CH]([Ti]([Cl])([Cl])([NH]C(C)(C)C)[SiH](C)C)c2ccccc21. The molecule has 0 heterocycles. The van der Waals surface area contributed by atoms with Gasteiger partial charge < -0.3 is 0 Å². The molecule has 0 amide bonds. The number of hydrogen-bond acceptors (Lipinski definition) is 2. The summed E-state index contributed by atoms with van der Waals surface area (Å²) in [6.45, 7) is 9.58. The molecule has 1 aliphatic rings. The van der Waals surface area contributed by atoms with Crippen LogP contribution in [-0.2, 0) is 17.4 Å². The molecule has 1 aromatic carbocycles. The summed E-state index contributed by atoms with van der Waals surface area (Å²) in [6, 6.07) is 8.31. The molecule has 1 atom stereocenters. The van der Waals surface area contributed by atoms with E-state index in [1.165, 1.54) is 5.56 Å². The molecule has 22 heavy (non-hydrogen) atoms. The van der Waals surface area contributed by atoms with E-state index in [1.54, 1.807) is 7.11 Å². The Bertz CT molecular complexity index is 610. The molecule has 1 N–H and O–H groups in total. The second-order valence-corrected chi connectivity index (χ2v) is 35.6. The van der Waals surface area contributed by atoms with Gasteiger partial charge in [-0.2, -0.15) is 0 Å². The van der Waals surface area contributed by atoms with Gasteiger partial charge in [-0.05, 0) is 0 Å². The molecule has 2 nitrogen and oxygen atoms in total. The van der Waals surface area contributed by atoms with Gasteiger partial charge in [0.1, 0.15) is 0 Å². The molecular weight excluding hydrogens is 369 g/mol. The third-order valence-corrected chi connectivity index (χ3v) is 36.4. The Morgan fingerprint density at radius 3 is 2.27 bits per heavy atom. The van der Waals surface area contributed by atoms with Crippen LogP contribution in [0.15, 0.2) is 30.3 Å². The number of rotatable bonds is 4. The minimum absolute atomic E-state index is 0.0531. The van der Waals surface area contributed by atoms with E-state index in [-0.39, 0.29) is 9.76 Å². The molecule has 0 spiro atoms. The number of ether oxygens (including phenoxy) is 1. The van der Waals surface area contributed by atoms with Crippen LogP contribution in [0.5, 0.6) is 0 Å². The first-order valence-corrected chi connectivity index (χ1v) is 19.3. The van der Waals surface area contributed by atoms with Crippen molar-refractivity contribution in [3.05, 3.63) is 41.5 Å². The normalized spacial score (nSPS) is 20.3. The number of fused-ring (bicyclic) bond motifs is 1. The summed E-state index contributed by atoms with van der Waals surface area (Å²) in [6.07, 6.45) is 2.15. The minimum atomic E-state index is -3.98. The fraction of sp³-hybridized carbons (Fsp3) is 0.500. The van der Waals surface area contributed by atoms with Gasteiger partial charge in [-0.15, -0.1) is 0 Å². The molecular formula is C16H26Cl2NOSiTi. The second-order valence-electron chi connectivity index (χ2n) is 7.48. The summed E-state index contributed by atoms with van der Waals surface area (Å²) in [4.78, 5) is 0. The van der Waals surface area contributed by atoms with Gasteiger partial charge in [0.2, 0.25) is 0 Å². The molecule has 0 bridgehead atoms. The molecule has 2 rings (SSSR count). The number of allylic oxidation sites excluding steroid dienone is 1. The molecule has 6 heteroatoms. The Labute approximate surface area is 144 Å². The fourth-order valence-corrected chi connectivity index (χ4v) is 20.2. The van der Waals surface area contributed by atoms with E-state index in [4.69, 9.17) is 23.3 Å². The third kappa shape index (κ3) is 3.22. The van der Waals surface area contributed by atoms with Crippen molar-refractivity contribution >= 4 is 31.0 Å². The number of methoxy groups -OCH3 is 1. The Hall–Kier alpha value is 0.231. The summed E-state index contributed by atoms with van der Waals surface area (Å²) < 4.78 is 9.35.